The normalized spacial score (nSPS) is 14.8. The molecule has 2 heterocycles. The Balaban J connectivity index is 1.53. The van der Waals surface area contributed by atoms with Crippen molar-refractivity contribution in [3.63, 3.8) is 0 Å². The fourth-order valence-corrected chi connectivity index (χ4v) is 3.66. The van der Waals surface area contributed by atoms with Crippen LogP contribution in [-0.2, 0) is 11.3 Å². The Morgan fingerprint density at radius 3 is 2.41 bits per heavy atom. The van der Waals surface area contributed by atoms with Gasteiger partial charge in [-0.3, -0.25) is 4.90 Å². The number of carbonyl (C=O) groups is 1. The number of rotatable bonds is 5. The van der Waals surface area contributed by atoms with Gasteiger partial charge in [0.25, 0.3) is 0 Å². The molecule has 0 bridgehead atoms. The Kier molecular flexibility index (Phi) is 5.83. The second-order valence-electron chi connectivity index (χ2n) is 6.96. The fourth-order valence-electron chi connectivity index (χ4n) is 3.54. The van der Waals surface area contributed by atoms with Gasteiger partial charge in [-0.1, -0.05) is 59.2 Å². The third-order valence-electron chi connectivity index (χ3n) is 5.09. The van der Waals surface area contributed by atoms with Crippen molar-refractivity contribution in [3.05, 3.63) is 70.7 Å². The van der Waals surface area contributed by atoms with Gasteiger partial charge in [-0.2, -0.15) is 0 Å². The summed E-state index contributed by atoms with van der Waals surface area (Å²) in [6.45, 7) is 4.13. The molecule has 4 rings (SSSR count). The Morgan fingerprint density at radius 1 is 1.07 bits per heavy atom. The zero-order valence-corrected chi connectivity index (χ0v) is 16.9. The van der Waals surface area contributed by atoms with E-state index >= 15 is 0 Å². The first-order valence-corrected chi connectivity index (χ1v) is 9.88. The molecule has 1 saturated heterocycles. The molecule has 1 aliphatic heterocycles. The molecule has 6 nitrogen and oxygen atoms in total. The average molecular weight is 412 g/mol. The molecule has 0 unspecified atom stereocenters. The first-order chi connectivity index (χ1) is 14.2. The van der Waals surface area contributed by atoms with Crippen molar-refractivity contribution in [3.8, 4) is 11.3 Å². The highest BCUT2D eigenvalue weighted by Gasteiger charge is 2.30. The lowest BCUT2D eigenvalue weighted by Gasteiger charge is -2.34. The molecule has 1 aromatic heterocycles. The molecular weight excluding hydrogens is 390 g/mol. The van der Waals surface area contributed by atoms with E-state index < -0.39 is 5.97 Å². The van der Waals surface area contributed by atoms with Gasteiger partial charge in [-0.05, 0) is 17.7 Å². The van der Waals surface area contributed by atoms with E-state index in [1.165, 1.54) is 12.7 Å². The van der Waals surface area contributed by atoms with Crippen molar-refractivity contribution in [1.29, 1.82) is 0 Å². The molecule has 0 spiro atoms. The Morgan fingerprint density at radius 2 is 1.76 bits per heavy atom. The van der Waals surface area contributed by atoms with Gasteiger partial charge in [0.15, 0.2) is 5.56 Å². The zero-order valence-electron chi connectivity index (χ0n) is 16.2. The van der Waals surface area contributed by atoms with Gasteiger partial charge in [0, 0.05) is 43.3 Å². The lowest BCUT2D eigenvalue weighted by molar-refractivity contribution is 0.0601. The summed E-state index contributed by atoms with van der Waals surface area (Å²) in [5, 5.41) is 4.79. The summed E-state index contributed by atoms with van der Waals surface area (Å²) < 4.78 is 10.6. The van der Waals surface area contributed by atoms with Crippen LogP contribution in [0.4, 0.5) is 5.88 Å². The number of esters is 1. The average Bonchev–Trinajstić information content (AvgIpc) is 3.20. The van der Waals surface area contributed by atoms with Crippen molar-refractivity contribution < 1.29 is 14.1 Å². The number of anilines is 1. The number of halogens is 1. The highest BCUT2D eigenvalue weighted by atomic mass is 35.5. The van der Waals surface area contributed by atoms with E-state index in [-0.39, 0.29) is 0 Å². The van der Waals surface area contributed by atoms with Crippen molar-refractivity contribution in [1.82, 2.24) is 10.1 Å². The topological polar surface area (TPSA) is 58.8 Å². The zero-order chi connectivity index (χ0) is 20.2. The predicted octanol–water partition coefficient (Wildman–Crippen LogP) is 4.10. The number of benzene rings is 2. The molecule has 0 N–H and O–H groups in total. The van der Waals surface area contributed by atoms with Gasteiger partial charge in [0.1, 0.15) is 5.69 Å². The van der Waals surface area contributed by atoms with Crippen molar-refractivity contribution in [2.75, 3.05) is 38.2 Å². The summed E-state index contributed by atoms with van der Waals surface area (Å²) in [6, 6.07) is 17.6. The smallest absolute Gasteiger partial charge is 0.345 e. The van der Waals surface area contributed by atoms with Gasteiger partial charge in [-0.15, -0.1) is 0 Å². The molecule has 3 aromatic rings. The molecule has 150 valence electrons. The van der Waals surface area contributed by atoms with E-state index in [2.05, 4.69) is 39.2 Å². The Labute approximate surface area is 174 Å². The molecule has 0 atom stereocenters. The first kappa shape index (κ1) is 19.5. The Hall–Kier alpha value is -2.83. The quantitative estimate of drug-likeness (QED) is 0.589. The molecule has 0 saturated carbocycles. The number of methoxy groups -OCH3 is 1. The summed E-state index contributed by atoms with van der Waals surface area (Å²) in [6.07, 6.45) is 0. The molecule has 0 amide bonds. The standard InChI is InChI=1S/C22H22ClN3O3/c1-28-22(27)19-20(17-7-9-18(23)10-8-17)24-29-21(19)26-13-11-25(12-14-26)15-16-5-3-2-4-6-16/h2-10H,11-15H2,1H3. The van der Waals surface area contributed by atoms with E-state index in [0.717, 1.165) is 38.3 Å². The van der Waals surface area contributed by atoms with Crippen LogP contribution in [0.3, 0.4) is 0 Å². The summed E-state index contributed by atoms with van der Waals surface area (Å²) in [5.74, 6) is -0.000855. The van der Waals surface area contributed by atoms with Gasteiger partial charge >= 0.3 is 5.97 Å². The predicted molar refractivity (Wildman–Crippen MR) is 112 cm³/mol. The first-order valence-electron chi connectivity index (χ1n) is 9.51. The van der Waals surface area contributed by atoms with Crippen LogP contribution in [0.25, 0.3) is 11.3 Å². The molecule has 29 heavy (non-hydrogen) atoms. The van der Waals surface area contributed by atoms with Crippen molar-refractivity contribution >= 4 is 23.5 Å². The summed E-state index contributed by atoms with van der Waals surface area (Å²) in [7, 11) is 1.36. The maximum Gasteiger partial charge on any atom is 0.345 e. The number of ether oxygens (including phenoxy) is 1. The SMILES string of the molecule is COC(=O)c1c(-c2ccc(Cl)cc2)noc1N1CCN(Cc2ccccc2)CC1. The number of hydrogen-bond donors (Lipinski definition) is 0. The summed E-state index contributed by atoms with van der Waals surface area (Å²) >= 11 is 5.98. The highest BCUT2D eigenvalue weighted by Crippen LogP contribution is 2.33. The minimum absolute atomic E-state index is 0.353. The number of carbonyl (C=O) groups excluding carboxylic acids is 1. The van der Waals surface area contributed by atoms with Crippen LogP contribution in [0.2, 0.25) is 5.02 Å². The molecular formula is C22H22ClN3O3. The molecule has 1 fully saturated rings. The summed E-state index contributed by atoms with van der Waals surface area (Å²) in [4.78, 5) is 17.0. The minimum Gasteiger partial charge on any atom is -0.465 e. The van der Waals surface area contributed by atoms with E-state index in [1.807, 2.05) is 18.2 Å². The van der Waals surface area contributed by atoms with Crippen LogP contribution >= 0.6 is 11.6 Å². The van der Waals surface area contributed by atoms with Crippen LogP contribution < -0.4 is 4.90 Å². The van der Waals surface area contributed by atoms with Crippen LogP contribution in [0.15, 0.2) is 59.1 Å². The third-order valence-corrected chi connectivity index (χ3v) is 5.34. The van der Waals surface area contributed by atoms with E-state index in [9.17, 15) is 4.79 Å². The molecule has 0 aliphatic carbocycles. The molecule has 2 aromatic carbocycles. The van der Waals surface area contributed by atoms with Crippen molar-refractivity contribution in [2.45, 2.75) is 6.54 Å². The van der Waals surface area contributed by atoms with Crippen LogP contribution in [0.1, 0.15) is 15.9 Å². The number of piperazine rings is 1. The van der Waals surface area contributed by atoms with Crippen molar-refractivity contribution in [2.24, 2.45) is 0 Å². The maximum absolute atomic E-state index is 12.5. The maximum atomic E-state index is 12.5. The lowest BCUT2D eigenvalue weighted by Crippen LogP contribution is -2.46. The largest absolute Gasteiger partial charge is 0.465 e. The second kappa shape index (κ2) is 8.68. The molecule has 0 radical (unpaired) electrons. The lowest BCUT2D eigenvalue weighted by atomic mass is 10.1. The summed E-state index contributed by atoms with van der Waals surface area (Å²) in [5.41, 5.74) is 2.87. The number of hydrogen-bond acceptors (Lipinski definition) is 6. The monoisotopic (exact) mass is 411 g/mol. The highest BCUT2D eigenvalue weighted by molar-refractivity contribution is 6.30. The second-order valence-corrected chi connectivity index (χ2v) is 7.40. The Bertz CT molecular complexity index is 965. The number of nitrogens with zero attached hydrogens (tertiary/aromatic N) is 3. The van der Waals surface area contributed by atoms with Crippen LogP contribution in [0, 0.1) is 0 Å². The van der Waals surface area contributed by atoms with Gasteiger partial charge in [-0.25, -0.2) is 4.79 Å². The minimum atomic E-state index is -0.460. The van der Waals surface area contributed by atoms with Gasteiger partial charge in [0.05, 0.1) is 7.11 Å². The third kappa shape index (κ3) is 4.28. The van der Waals surface area contributed by atoms with E-state index in [4.69, 9.17) is 20.9 Å². The number of aromatic nitrogens is 1. The van der Waals surface area contributed by atoms with Crippen LogP contribution in [0.5, 0.6) is 0 Å². The van der Waals surface area contributed by atoms with E-state index in [0.29, 0.717) is 22.2 Å². The van der Waals surface area contributed by atoms with Gasteiger partial charge in [0.2, 0.25) is 5.88 Å². The fraction of sp³-hybridized carbons (Fsp3) is 0.273. The van der Waals surface area contributed by atoms with Gasteiger partial charge < -0.3 is 14.2 Å². The van der Waals surface area contributed by atoms with Crippen LogP contribution in [-0.4, -0.2) is 49.3 Å². The molecule has 1 aliphatic rings. The van der Waals surface area contributed by atoms with E-state index in [1.54, 1.807) is 12.1 Å². The molecule has 7 heteroatoms.